The lowest BCUT2D eigenvalue weighted by atomic mass is 9.88. The first-order chi connectivity index (χ1) is 8.69. The van der Waals surface area contributed by atoms with E-state index in [0.717, 1.165) is 20.9 Å². The van der Waals surface area contributed by atoms with E-state index in [1.165, 1.54) is 0 Å². The fourth-order valence-corrected chi connectivity index (χ4v) is 4.05. The molecule has 0 aliphatic heterocycles. The second kappa shape index (κ2) is 7.20. The highest BCUT2D eigenvalue weighted by molar-refractivity contribution is 9.11. The van der Waals surface area contributed by atoms with Crippen LogP contribution < -0.4 is 0 Å². The van der Waals surface area contributed by atoms with Crippen molar-refractivity contribution in [3.8, 4) is 0 Å². The number of hydrogen-bond donors (Lipinski definition) is 1. The second-order valence-corrected chi connectivity index (χ2v) is 8.41. The van der Waals surface area contributed by atoms with E-state index in [4.69, 9.17) is 4.55 Å². The van der Waals surface area contributed by atoms with E-state index in [2.05, 4.69) is 45.7 Å². The Balaban J connectivity index is 2.95. The summed E-state index contributed by atoms with van der Waals surface area (Å²) in [6.45, 7) is 4.21. The zero-order valence-electron chi connectivity index (χ0n) is 10.9. The van der Waals surface area contributed by atoms with Gasteiger partial charge < -0.3 is 0 Å². The van der Waals surface area contributed by atoms with Crippen LogP contribution in [0.2, 0.25) is 0 Å². The van der Waals surface area contributed by atoms with Crippen molar-refractivity contribution in [2.75, 3.05) is 5.75 Å². The molecule has 1 unspecified atom stereocenters. The van der Waals surface area contributed by atoms with Crippen LogP contribution in [0.5, 0.6) is 0 Å². The van der Waals surface area contributed by atoms with E-state index in [9.17, 15) is 8.42 Å². The van der Waals surface area contributed by atoms with E-state index >= 15 is 0 Å². The van der Waals surface area contributed by atoms with Crippen molar-refractivity contribution >= 4 is 42.0 Å². The van der Waals surface area contributed by atoms with Gasteiger partial charge in [0.25, 0.3) is 10.1 Å². The molecular weight excluding hydrogens is 396 g/mol. The lowest BCUT2D eigenvalue weighted by Crippen LogP contribution is -2.11. The van der Waals surface area contributed by atoms with Gasteiger partial charge in [0.1, 0.15) is 0 Å². The summed E-state index contributed by atoms with van der Waals surface area (Å²) in [4.78, 5) is 0. The molecule has 3 nitrogen and oxygen atoms in total. The molecule has 0 heterocycles. The van der Waals surface area contributed by atoms with Crippen LogP contribution in [0.25, 0.3) is 0 Å². The third kappa shape index (κ3) is 6.38. The molecule has 19 heavy (non-hydrogen) atoms. The van der Waals surface area contributed by atoms with Crippen LogP contribution in [0.1, 0.15) is 38.2 Å². The largest absolute Gasteiger partial charge is 0.286 e. The number of hydrogen-bond acceptors (Lipinski definition) is 2. The first-order valence-corrected chi connectivity index (χ1v) is 9.28. The molecule has 0 bridgehead atoms. The lowest BCUT2D eigenvalue weighted by molar-refractivity contribution is 0.459. The molecule has 1 N–H and O–H groups in total. The van der Waals surface area contributed by atoms with E-state index in [1.807, 2.05) is 18.2 Å². The van der Waals surface area contributed by atoms with Crippen LogP contribution in [-0.4, -0.2) is 18.7 Å². The normalized spacial score (nSPS) is 13.8. The highest BCUT2D eigenvalue weighted by atomic mass is 79.9. The first kappa shape index (κ1) is 17.1. The van der Waals surface area contributed by atoms with E-state index < -0.39 is 10.1 Å². The molecule has 0 saturated carbocycles. The predicted molar refractivity (Wildman–Crippen MR) is 85.1 cm³/mol. The smallest absolute Gasteiger partial charge is 0.264 e. The second-order valence-electron chi connectivity index (χ2n) is 5.07. The van der Waals surface area contributed by atoms with Crippen molar-refractivity contribution in [1.29, 1.82) is 0 Å². The third-order valence-corrected chi connectivity index (χ3v) is 4.81. The number of halogens is 2. The Morgan fingerprint density at radius 3 is 2.37 bits per heavy atom. The van der Waals surface area contributed by atoms with E-state index in [0.29, 0.717) is 12.3 Å². The van der Waals surface area contributed by atoms with Gasteiger partial charge in [0, 0.05) is 8.95 Å². The van der Waals surface area contributed by atoms with Crippen LogP contribution in [0.3, 0.4) is 0 Å². The van der Waals surface area contributed by atoms with Gasteiger partial charge in [0.15, 0.2) is 0 Å². The van der Waals surface area contributed by atoms with Crippen LogP contribution in [-0.2, 0) is 10.1 Å². The van der Waals surface area contributed by atoms with Crippen LogP contribution in [0.4, 0.5) is 0 Å². The molecule has 0 aromatic heterocycles. The Kier molecular flexibility index (Phi) is 6.50. The Hall–Kier alpha value is 0.0900. The molecule has 0 amide bonds. The van der Waals surface area contributed by atoms with Gasteiger partial charge in [-0.05, 0) is 42.4 Å². The van der Waals surface area contributed by atoms with Crippen LogP contribution in [0.15, 0.2) is 27.1 Å². The van der Waals surface area contributed by atoms with Crippen molar-refractivity contribution < 1.29 is 13.0 Å². The summed E-state index contributed by atoms with van der Waals surface area (Å²) in [5, 5.41) is 0. The van der Waals surface area contributed by atoms with Gasteiger partial charge in [-0.3, -0.25) is 4.55 Å². The van der Waals surface area contributed by atoms with Crippen LogP contribution in [0, 0.1) is 5.92 Å². The highest BCUT2D eigenvalue weighted by Gasteiger charge is 2.19. The maximum Gasteiger partial charge on any atom is 0.264 e. The summed E-state index contributed by atoms with van der Waals surface area (Å²) in [5.41, 5.74) is 1.08. The van der Waals surface area contributed by atoms with Gasteiger partial charge >= 0.3 is 0 Å². The first-order valence-electron chi connectivity index (χ1n) is 6.09. The molecule has 0 aliphatic carbocycles. The van der Waals surface area contributed by atoms with Crippen LogP contribution >= 0.6 is 31.9 Å². The van der Waals surface area contributed by atoms with Crippen molar-refractivity contribution in [2.45, 2.75) is 32.6 Å². The summed E-state index contributed by atoms with van der Waals surface area (Å²) < 4.78 is 32.7. The monoisotopic (exact) mass is 412 g/mol. The summed E-state index contributed by atoms with van der Waals surface area (Å²) in [6.07, 6.45) is 1.31. The minimum absolute atomic E-state index is 0.115. The maximum absolute atomic E-state index is 10.9. The molecule has 0 radical (unpaired) electrons. The topological polar surface area (TPSA) is 54.4 Å². The standard InChI is InChI=1S/C13H18Br2O3S/c1-9(2)7-10(5-6-19(16,17)18)12-4-3-11(14)8-13(12)15/h3-4,8-10H,5-7H2,1-2H3,(H,16,17,18). The zero-order chi connectivity index (χ0) is 14.6. The minimum Gasteiger partial charge on any atom is -0.286 e. The van der Waals surface area contributed by atoms with E-state index in [1.54, 1.807) is 0 Å². The molecule has 1 aromatic rings. The molecular formula is C13H18Br2O3S. The average Bonchev–Trinajstić information content (AvgIpc) is 2.23. The SMILES string of the molecule is CC(C)CC(CCS(=O)(=O)O)c1ccc(Br)cc1Br. The summed E-state index contributed by atoms with van der Waals surface area (Å²) >= 11 is 6.92. The Morgan fingerprint density at radius 2 is 1.89 bits per heavy atom. The predicted octanol–water partition coefficient (Wildman–Crippen LogP) is 4.62. The van der Waals surface area contributed by atoms with Crippen molar-refractivity contribution in [2.24, 2.45) is 5.92 Å². The quantitative estimate of drug-likeness (QED) is 0.692. The number of benzene rings is 1. The van der Waals surface area contributed by atoms with Gasteiger partial charge in [-0.25, -0.2) is 0 Å². The average molecular weight is 414 g/mol. The third-order valence-electron chi connectivity index (χ3n) is 2.88. The zero-order valence-corrected chi connectivity index (χ0v) is 14.9. The maximum atomic E-state index is 10.9. The molecule has 0 fully saturated rings. The summed E-state index contributed by atoms with van der Waals surface area (Å²) in [7, 11) is -3.91. The highest BCUT2D eigenvalue weighted by Crippen LogP contribution is 2.34. The minimum atomic E-state index is -3.91. The Labute approximate surface area is 131 Å². The van der Waals surface area contributed by atoms with Crippen molar-refractivity contribution in [3.05, 3.63) is 32.7 Å². The molecule has 0 saturated heterocycles. The molecule has 0 aliphatic rings. The fourth-order valence-electron chi connectivity index (χ4n) is 2.09. The van der Waals surface area contributed by atoms with Gasteiger partial charge in [0.05, 0.1) is 5.75 Å². The molecule has 6 heteroatoms. The number of rotatable bonds is 6. The molecule has 108 valence electrons. The fraction of sp³-hybridized carbons (Fsp3) is 0.538. The van der Waals surface area contributed by atoms with Gasteiger partial charge in [-0.2, -0.15) is 8.42 Å². The Bertz CT molecular complexity index is 527. The Morgan fingerprint density at radius 1 is 1.26 bits per heavy atom. The lowest BCUT2D eigenvalue weighted by Gasteiger charge is -2.20. The molecule has 0 spiro atoms. The van der Waals surface area contributed by atoms with Gasteiger partial charge in [-0.15, -0.1) is 0 Å². The molecule has 1 aromatic carbocycles. The van der Waals surface area contributed by atoms with E-state index in [-0.39, 0.29) is 11.7 Å². The van der Waals surface area contributed by atoms with Gasteiger partial charge in [-0.1, -0.05) is 51.8 Å². The molecule has 1 rings (SSSR count). The molecule has 1 atom stereocenters. The summed E-state index contributed by atoms with van der Waals surface area (Å²) in [5.74, 6) is 0.374. The van der Waals surface area contributed by atoms with Crippen molar-refractivity contribution in [1.82, 2.24) is 0 Å². The summed E-state index contributed by atoms with van der Waals surface area (Å²) in [6, 6.07) is 5.89. The van der Waals surface area contributed by atoms with Gasteiger partial charge in [0.2, 0.25) is 0 Å². The van der Waals surface area contributed by atoms with Crippen molar-refractivity contribution in [3.63, 3.8) is 0 Å².